The molecule has 0 radical (unpaired) electrons. The van der Waals surface area contributed by atoms with Gasteiger partial charge < -0.3 is 9.53 Å². The fourth-order valence-electron chi connectivity index (χ4n) is 0.586. The van der Waals surface area contributed by atoms with Crippen LogP contribution < -0.4 is 0 Å². The Morgan fingerprint density at radius 3 is 2.70 bits per heavy atom. The molecule has 1 atom stereocenters. The first-order valence-electron chi connectivity index (χ1n) is 3.35. The highest BCUT2D eigenvalue weighted by Gasteiger charge is 1.98. The summed E-state index contributed by atoms with van der Waals surface area (Å²) in [5, 5.41) is 0. The Labute approximate surface area is 61.9 Å². The van der Waals surface area contributed by atoms with E-state index in [9.17, 15) is 4.79 Å². The van der Waals surface area contributed by atoms with Gasteiger partial charge >= 0.3 is 0 Å². The molecule has 10 heavy (non-hydrogen) atoms. The SMILES string of the molecule is COC(C)C(C)=CCC=O. The third kappa shape index (κ3) is 3.41. The molecule has 2 nitrogen and oxygen atoms in total. The van der Waals surface area contributed by atoms with Gasteiger partial charge in [-0.3, -0.25) is 0 Å². The Morgan fingerprint density at radius 2 is 2.30 bits per heavy atom. The van der Waals surface area contributed by atoms with Gasteiger partial charge in [-0.1, -0.05) is 6.08 Å². The maximum absolute atomic E-state index is 9.93. The lowest BCUT2D eigenvalue weighted by atomic mass is 10.1. The lowest BCUT2D eigenvalue weighted by molar-refractivity contribution is -0.107. The molecule has 0 aliphatic rings. The molecule has 0 bridgehead atoms. The van der Waals surface area contributed by atoms with Gasteiger partial charge in [0.15, 0.2) is 0 Å². The largest absolute Gasteiger partial charge is 0.377 e. The van der Waals surface area contributed by atoms with E-state index >= 15 is 0 Å². The van der Waals surface area contributed by atoms with Gasteiger partial charge in [0.2, 0.25) is 0 Å². The molecule has 0 saturated heterocycles. The summed E-state index contributed by atoms with van der Waals surface area (Å²) in [6.45, 7) is 3.91. The lowest BCUT2D eigenvalue weighted by Crippen LogP contribution is -2.05. The van der Waals surface area contributed by atoms with Crippen molar-refractivity contribution in [2.45, 2.75) is 26.4 Å². The van der Waals surface area contributed by atoms with Gasteiger partial charge in [0.1, 0.15) is 6.29 Å². The maximum atomic E-state index is 9.93. The van der Waals surface area contributed by atoms with Crippen LogP contribution in [0.2, 0.25) is 0 Å². The summed E-state index contributed by atoms with van der Waals surface area (Å²) in [4.78, 5) is 9.93. The first kappa shape index (κ1) is 9.37. The number of carbonyl (C=O) groups excluding carboxylic acids is 1. The summed E-state index contributed by atoms with van der Waals surface area (Å²) in [5.74, 6) is 0. The normalized spacial score (nSPS) is 14.9. The number of hydrogen-bond acceptors (Lipinski definition) is 2. The summed E-state index contributed by atoms with van der Waals surface area (Å²) in [5.41, 5.74) is 1.11. The van der Waals surface area contributed by atoms with Crippen molar-refractivity contribution in [2.24, 2.45) is 0 Å². The number of aldehydes is 1. The third-order valence-corrected chi connectivity index (χ3v) is 1.53. The van der Waals surface area contributed by atoms with Gasteiger partial charge in [-0.05, 0) is 19.4 Å². The number of allylic oxidation sites excluding steroid dienone is 1. The number of ether oxygens (including phenoxy) is 1. The fourth-order valence-corrected chi connectivity index (χ4v) is 0.586. The van der Waals surface area contributed by atoms with Crippen molar-refractivity contribution >= 4 is 6.29 Å². The second kappa shape index (κ2) is 5.18. The molecule has 0 aromatic heterocycles. The molecule has 0 saturated carbocycles. The van der Waals surface area contributed by atoms with Crippen LogP contribution in [0.1, 0.15) is 20.3 Å². The van der Waals surface area contributed by atoms with Crippen LogP contribution in [0.4, 0.5) is 0 Å². The maximum Gasteiger partial charge on any atom is 0.123 e. The second-order valence-electron chi connectivity index (χ2n) is 2.23. The minimum Gasteiger partial charge on any atom is -0.377 e. The number of methoxy groups -OCH3 is 1. The molecular weight excluding hydrogens is 128 g/mol. The molecule has 0 amide bonds. The Balaban J connectivity index is 3.78. The Kier molecular flexibility index (Phi) is 4.85. The van der Waals surface area contributed by atoms with E-state index in [2.05, 4.69) is 0 Å². The van der Waals surface area contributed by atoms with Crippen LogP contribution in [-0.2, 0) is 9.53 Å². The molecule has 0 fully saturated rings. The van der Waals surface area contributed by atoms with Gasteiger partial charge in [-0.15, -0.1) is 0 Å². The number of rotatable bonds is 4. The summed E-state index contributed by atoms with van der Waals surface area (Å²) < 4.78 is 5.02. The van der Waals surface area contributed by atoms with E-state index in [1.807, 2.05) is 19.9 Å². The van der Waals surface area contributed by atoms with Crippen LogP contribution >= 0.6 is 0 Å². The van der Waals surface area contributed by atoms with Crippen LogP contribution in [0.25, 0.3) is 0 Å². The molecule has 58 valence electrons. The topological polar surface area (TPSA) is 26.3 Å². The van der Waals surface area contributed by atoms with E-state index in [1.54, 1.807) is 7.11 Å². The van der Waals surface area contributed by atoms with Crippen molar-refractivity contribution in [3.05, 3.63) is 11.6 Å². The molecule has 1 unspecified atom stereocenters. The molecule has 0 aliphatic carbocycles. The van der Waals surface area contributed by atoms with Crippen molar-refractivity contribution < 1.29 is 9.53 Å². The highest BCUT2D eigenvalue weighted by atomic mass is 16.5. The van der Waals surface area contributed by atoms with Crippen LogP contribution in [0, 0.1) is 0 Å². The second-order valence-corrected chi connectivity index (χ2v) is 2.23. The monoisotopic (exact) mass is 142 g/mol. The van der Waals surface area contributed by atoms with Crippen LogP contribution in [-0.4, -0.2) is 19.5 Å². The van der Waals surface area contributed by atoms with Crippen molar-refractivity contribution in [3.8, 4) is 0 Å². The number of hydrogen-bond donors (Lipinski definition) is 0. The average Bonchev–Trinajstić information content (AvgIpc) is 1.98. The van der Waals surface area contributed by atoms with Gasteiger partial charge in [0.25, 0.3) is 0 Å². The molecule has 0 aromatic rings. The molecule has 0 aromatic carbocycles. The van der Waals surface area contributed by atoms with E-state index in [4.69, 9.17) is 4.74 Å². The van der Waals surface area contributed by atoms with Crippen LogP contribution in [0.15, 0.2) is 11.6 Å². The standard InChI is InChI=1S/C8H14O2/c1-7(5-4-6-9)8(2)10-3/h5-6,8H,4H2,1-3H3. The van der Waals surface area contributed by atoms with E-state index in [-0.39, 0.29) is 6.10 Å². The van der Waals surface area contributed by atoms with Gasteiger partial charge in [0, 0.05) is 13.5 Å². The van der Waals surface area contributed by atoms with E-state index in [0.29, 0.717) is 6.42 Å². The summed E-state index contributed by atoms with van der Waals surface area (Å²) in [7, 11) is 1.66. The first-order chi connectivity index (χ1) is 4.72. The summed E-state index contributed by atoms with van der Waals surface area (Å²) in [6.07, 6.45) is 3.37. The molecule has 0 spiro atoms. The van der Waals surface area contributed by atoms with Crippen molar-refractivity contribution in [1.82, 2.24) is 0 Å². The average molecular weight is 142 g/mol. The molecule has 0 rings (SSSR count). The minimum atomic E-state index is 0.125. The Hall–Kier alpha value is -0.630. The van der Waals surface area contributed by atoms with Gasteiger partial charge in [-0.2, -0.15) is 0 Å². The predicted octanol–water partition coefficient (Wildman–Crippen LogP) is 1.56. The molecular formula is C8H14O2. The van der Waals surface area contributed by atoms with Crippen LogP contribution in [0.3, 0.4) is 0 Å². The van der Waals surface area contributed by atoms with E-state index in [0.717, 1.165) is 11.9 Å². The smallest absolute Gasteiger partial charge is 0.123 e. The molecule has 2 heteroatoms. The highest BCUT2D eigenvalue weighted by Crippen LogP contribution is 2.03. The lowest BCUT2D eigenvalue weighted by Gasteiger charge is -2.08. The zero-order chi connectivity index (χ0) is 7.98. The summed E-state index contributed by atoms with van der Waals surface area (Å²) >= 11 is 0. The summed E-state index contributed by atoms with van der Waals surface area (Å²) in [6, 6.07) is 0. The van der Waals surface area contributed by atoms with Crippen molar-refractivity contribution in [3.63, 3.8) is 0 Å². The molecule has 0 heterocycles. The third-order valence-electron chi connectivity index (χ3n) is 1.53. The molecule has 0 aliphatic heterocycles. The quantitative estimate of drug-likeness (QED) is 0.440. The zero-order valence-electron chi connectivity index (χ0n) is 6.76. The minimum absolute atomic E-state index is 0.125. The van der Waals surface area contributed by atoms with E-state index < -0.39 is 0 Å². The van der Waals surface area contributed by atoms with Gasteiger partial charge in [0.05, 0.1) is 6.10 Å². The first-order valence-corrected chi connectivity index (χ1v) is 3.35. The van der Waals surface area contributed by atoms with Crippen LogP contribution in [0.5, 0.6) is 0 Å². The van der Waals surface area contributed by atoms with Crippen molar-refractivity contribution in [2.75, 3.05) is 7.11 Å². The van der Waals surface area contributed by atoms with E-state index in [1.165, 1.54) is 0 Å². The predicted molar refractivity (Wildman–Crippen MR) is 40.9 cm³/mol. The zero-order valence-corrected chi connectivity index (χ0v) is 6.76. The fraction of sp³-hybridized carbons (Fsp3) is 0.625. The highest BCUT2D eigenvalue weighted by molar-refractivity contribution is 5.52. The van der Waals surface area contributed by atoms with Crippen molar-refractivity contribution in [1.29, 1.82) is 0 Å². The Bertz CT molecular complexity index is 127. The van der Waals surface area contributed by atoms with Gasteiger partial charge in [-0.25, -0.2) is 0 Å². The number of carbonyl (C=O) groups is 1. The Morgan fingerprint density at radius 1 is 1.70 bits per heavy atom. The molecule has 0 N–H and O–H groups in total.